The number of nitrogens with one attached hydrogen (secondary N) is 1. The van der Waals surface area contributed by atoms with Gasteiger partial charge in [0.15, 0.2) is 0 Å². The molecule has 1 unspecified atom stereocenters. The van der Waals surface area contributed by atoms with Gasteiger partial charge in [-0.3, -0.25) is 4.79 Å². The fourth-order valence-electron chi connectivity index (χ4n) is 1.17. The predicted molar refractivity (Wildman–Crippen MR) is 69.5 cm³/mol. The Morgan fingerprint density at radius 2 is 2.24 bits per heavy atom. The fraction of sp³-hybridized carbons (Fsp3) is 0.417. The minimum Gasteiger partial charge on any atom is -0.495 e. The Balaban J connectivity index is 2.86. The van der Waals surface area contributed by atoms with Crippen LogP contribution >= 0.6 is 11.6 Å². The third-order valence-electron chi connectivity index (χ3n) is 2.66. The number of methoxy groups -OCH3 is 1. The van der Waals surface area contributed by atoms with Crippen LogP contribution in [0.5, 0.6) is 5.75 Å². The van der Waals surface area contributed by atoms with Gasteiger partial charge in [-0.2, -0.15) is 0 Å². The lowest BCUT2D eigenvalue weighted by Crippen LogP contribution is -2.47. The smallest absolute Gasteiger partial charge is 0.244 e. The zero-order chi connectivity index (χ0) is 13.1. The van der Waals surface area contributed by atoms with Gasteiger partial charge in [0.05, 0.1) is 17.7 Å². The number of rotatable bonds is 4. The van der Waals surface area contributed by atoms with Crippen molar-refractivity contribution in [2.75, 3.05) is 12.4 Å². The second kappa shape index (κ2) is 5.38. The Kier molecular flexibility index (Phi) is 4.37. The van der Waals surface area contributed by atoms with E-state index in [1.165, 1.54) is 7.11 Å². The third-order valence-corrected chi connectivity index (χ3v) is 2.97. The molecule has 17 heavy (non-hydrogen) atoms. The van der Waals surface area contributed by atoms with Gasteiger partial charge in [-0.15, -0.1) is 0 Å². The summed E-state index contributed by atoms with van der Waals surface area (Å²) < 4.78 is 5.06. The Labute approximate surface area is 106 Å². The van der Waals surface area contributed by atoms with Crippen LogP contribution < -0.4 is 15.8 Å². The summed E-state index contributed by atoms with van der Waals surface area (Å²) in [6, 6.07) is 5.02. The highest BCUT2D eigenvalue weighted by molar-refractivity contribution is 6.32. The van der Waals surface area contributed by atoms with E-state index >= 15 is 0 Å². The van der Waals surface area contributed by atoms with E-state index in [1.54, 1.807) is 25.1 Å². The fourth-order valence-corrected chi connectivity index (χ4v) is 1.37. The van der Waals surface area contributed by atoms with Crippen LogP contribution in [0.2, 0.25) is 5.02 Å². The molecule has 1 aromatic carbocycles. The summed E-state index contributed by atoms with van der Waals surface area (Å²) in [5, 5.41) is 3.23. The molecule has 5 heteroatoms. The number of nitrogens with two attached hydrogens (primary N) is 1. The maximum atomic E-state index is 11.8. The molecule has 0 saturated heterocycles. The van der Waals surface area contributed by atoms with Crippen molar-refractivity contribution >= 4 is 23.2 Å². The van der Waals surface area contributed by atoms with Gasteiger partial charge >= 0.3 is 0 Å². The van der Waals surface area contributed by atoms with E-state index in [0.717, 1.165) is 0 Å². The summed E-state index contributed by atoms with van der Waals surface area (Å²) in [5.74, 6) is 0.282. The highest BCUT2D eigenvalue weighted by Gasteiger charge is 2.25. The van der Waals surface area contributed by atoms with Crippen LogP contribution in [0.3, 0.4) is 0 Å². The quantitative estimate of drug-likeness (QED) is 0.870. The van der Waals surface area contributed by atoms with Crippen LogP contribution in [-0.2, 0) is 4.79 Å². The van der Waals surface area contributed by atoms with Crippen molar-refractivity contribution in [3.05, 3.63) is 23.2 Å². The molecule has 1 rings (SSSR count). The average molecular weight is 257 g/mol. The van der Waals surface area contributed by atoms with E-state index < -0.39 is 5.54 Å². The summed E-state index contributed by atoms with van der Waals surface area (Å²) in [5.41, 5.74) is 5.57. The second-order valence-electron chi connectivity index (χ2n) is 4.07. The standard InChI is InChI=1S/C12H17ClN2O2/c1-4-12(2,14)11(16)15-8-5-6-9(13)10(7-8)17-3/h5-7H,4,14H2,1-3H3,(H,15,16). The first kappa shape index (κ1) is 13.8. The monoisotopic (exact) mass is 256 g/mol. The Morgan fingerprint density at radius 3 is 2.76 bits per heavy atom. The van der Waals surface area contributed by atoms with E-state index in [-0.39, 0.29) is 5.91 Å². The summed E-state index contributed by atoms with van der Waals surface area (Å²) in [6.07, 6.45) is 0.559. The van der Waals surface area contributed by atoms with Gasteiger partial charge in [-0.25, -0.2) is 0 Å². The molecule has 0 spiro atoms. The van der Waals surface area contributed by atoms with Crippen molar-refractivity contribution in [1.29, 1.82) is 0 Å². The number of carbonyl (C=O) groups is 1. The second-order valence-corrected chi connectivity index (χ2v) is 4.48. The molecule has 0 aromatic heterocycles. The minimum absolute atomic E-state index is 0.232. The molecule has 0 aliphatic heterocycles. The molecule has 0 fully saturated rings. The number of hydrogen-bond donors (Lipinski definition) is 2. The predicted octanol–water partition coefficient (Wildman–Crippen LogP) is 2.41. The molecule has 0 bridgehead atoms. The van der Waals surface area contributed by atoms with Crippen LogP contribution in [0.15, 0.2) is 18.2 Å². The van der Waals surface area contributed by atoms with Crippen molar-refractivity contribution in [3.8, 4) is 5.75 Å². The summed E-state index contributed by atoms with van der Waals surface area (Å²) in [4.78, 5) is 11.8. The zero-order valence-electron chi connectivity index (χ0n) is 10.2. The van der Waals surface area contributed by atoms with E-state index in [0.29, 0.717) is 22.9 Å². The van der Waals surface area contributed by atoms with Crippen molar-refractivity contribution in [2.24, 2.45) is 5.73 Å². The number of anilines is 1. The van der Waals surface area contributed by atoms with Crippen molar-refractivity contribution in [1.82, 2.24) is 0 Å². The highest BCUT2D eigenvalue weighted by Crippen LogP contribution is 2.27. The summed E-state index contributed by atoms with van der Waals surface area (Å²) in [6.45, 7) is 3.55. The van der Waals surface area contributed by atoms with Crippen molar-refractivity contribution in [3.63, 3.8) is 0 Å². The van der Waals surface area contributed by atoms with Gasteiger partial charge in [-0.1, -0.05) is 18.5 Å². The van der Waals surface area contributed by atoms with E-state index in [2.05, 4.69) is 5.32 Å². The van der Waals surface area contributed by atoms with Crippen LogP contribution in [0.1, 0.15) is 20.3 Å². The van der Waals surface area contributed by atoms with Crippen molar-refractivity contribution < 1.29 is 9.53 Å². The number of benzene rings is 1. The molecule has 0 heterocycles. The van der Waals surface area contributed by atoms with Crippen LogP contribution in [0.25, 0.3) is 0 Å². The molecule has 1 aromatic rings. The molecular formula is C12H17ClN2O2. The first-order valence-electron chi connectivity index (χ1n) is 5.34. The minimum atomic E-state index is -0.882. The van der Waals surface area contributed by atoms with E-state index in [1.807, 2.05) is 6.92 Å². The molecule has 0 aliphatic carbocycles. The average Bonchev–Trinajstić information content (AvgIpc) is 2.31. The van der Waals surface area contributed by atoms with Gasteiger partial charge in [0, 0.05) is 11.8 Å². The largest absolute Gasteiger partial charge is 0.495 e. The van der Waals surface area contributed by atoms with Crippen molar-refractivity contribution in [2.45, 2.75) is 25.8 Å². The van der Waals surface area contributed by atoms with E-state index in [9.17, 15) is 4.79 Å². The zero-order valence-corrected chi connectivity index (χ0v) is 11.0. The molecule has 4 nitrogen and oxygen atoms in total. The molecular weight excluding hydrogens is 240 g/mol. The lowest BCUT2D eigenvalue weighted by atomic mass is 9.99. The topological polar surface area (TPSA) is 64.4 Å². The summed E-state index contributed by atoms with van der Waals surface area (Å²) in [7, 11) is 1.52. The van der Waals surface area contributed by atoms with Gasteiger partial charge < -0.3 is 15.8 Å². The highest BCUT2D eigenvalue weighted by atomic mass is 35.5. The Bertz CT molecular complexity index is 419. The third kappa shape index (κ3) is 3.35. The Morgan fingerprint density at radius 1 is 1.59 bits per heavy atom. The Hall–Kier alpha value is -1.26. The van der Waals surface area contributed by atoms with Gasteiger partial charge in [-0.05, 0) is 25.5 Å². The molecule has 94 valence electrons. The molecule has 1 amide bonds. The number of hydrogen-bond acceptors (Lipinski definition) is 3. The number of carbonyl (C=O) groups excluding carboxylic acids is 1. The van der Waals surface area contributed by atoms with Gasteiger partial charge in [0.1, 0.15) is 5.75 Å². The molecule has 0 aliphatic rings. The van der Waals surface area contributed by atoms with Gasteiger partial charge in [0.25, 0.3) is 0 Å². The maximum Gasteiger partial charge on any atom is 0.244 e. The molecule has 3 N–H and O–H groups in total. The van der Waals surface area contributed by atoms with E-state index in [4.69, 9.17) is 22.1 Å². The SMILES string of the molecule is CCC(C)(N)C(=O)Nc1ccc(Cl)c(OC)c1. The molecule has 1 atom stereocenters. The normalized spacial score (nSPS) is 13.9. The van der Waals surface area contributed by atoms with Gasteiger partial charge in [0.2, 0.25) is 5.91 Å². The number of halogens is 1. The first-order valence-corrected chi connectivity index (χ1v) is 5.72. The first-order chi connectivity index (χ1) is 7.90. The number of ether oxygens (including phenoxy) is 1. The van der Waals surface area contributed by atoms with Crippen LogP contribution in [-0.4, -0.2) is 18.6 Å². The number of amides is 1. The summed E-state index contributed by atoms with van der Waals surface area (Å²) >= 11 is 5.89. The van der Waals surface area contributed by atoms with Crippen LogP contribution in [0, 0.1) is 0 Å². The van der Waals surface area contributed by atoms with Crippen LogP contribution in [0.4, 0.5) is 5.69 Å². The molecule has 0 saturated carbocycles. The lowest BCUT2D eigenvalue weighted by Gasteiger charge is -2.21. The lowest BCUT2D eigenvalue weighted by molar-refractivity contribution is -0.120. The maximum absolute atomic E-state index is 11.8. The molecule has 0 radical (unpaired) electrons.